The summed E-state index contributed by atoms with van der Waals surface area (Å²) in [5.41, 5.74) is 1.51. The number of hydrogen-bond donors (Lipinski definition) is 2. The molecule has 3 aromatic heterocycles. The monoisotopic (exact) mass is 453 g/mol. The minimum atomic E-state index is -0.557. The molecule has 8 nitrogen and oxygen atoms in total. The molecule has 164 valence electrons. The first-order chi connectivity index (χ1) is 15.5. The van der Waals surface area contributed by atoms with Crippen LogP contribution in [-0.4, -0.2) is 32.3 Å². The van der Waals surface area contributed by atoms with Crippen LogP contribution >= 0.6 is 11.3 Å². The van der Waals surface area contributed by atoms with Gasteiger partial charge in [0.25, 0.3) is 11.5 Å². The number of ether oxygens (including phenoxy) is 1. The van der Waals surface area contributed by atoms with Crippen molar-refractivity contribution in [3.8, 4) is 22.3 Å². The summed E-state index contributed by atoms with van der Waals surface area (Å²) in [6.07, 6.45) is 0.547. The van der Waals surface area contributed by atoms with Crippen molar-refractivity contribution >= 4 is 23.1 Å². The van der Waals surface area contributed by atoms with Gasteiger partial charge in [0.05, 0.1) is 4.88 Å². The number of para-hydroxylation sites is 1. The molecular weight excluding hydrogens is 433 g/mol. The Hall–Kier alpha value is -3.79. The van der Waals surface area contributed by atoms with Crippen molar-refractivity contribution in [2.45, 2.75) is 20.3 Å². The second kappa shape index (κ2) is 9.15. The number of nitrogens with one attached hydrogen (secondary N) is 2. The summed E-state index contributed by atoms with van der Waals surface area (Å²) in [7, 11) is 0. The quantitative estimate of drug-likeness (QED) is 0.444. The van der Waals surface area contributed by atoms with Gasteiger partial charge >= 0.3 is 0 Å². The zero-order valence-electron chi connectivity index (χ0n) is 17.4. The third kappa shape index (κ3) is 4.45. The summed E-state index contributed by atoms with van der Waals surface area (Å²) in [6, 6.07) is 11.3. The van der Waals surface area contributed by atoms with Crippen LogP contribution in [0, 0.1) is 12.7 Å². The van der Waals surface area contributed by atoms with E-state index in [4.69, 9.17) is 4.74 Å². The lowest BCUT2D eigenvalue weighted by Gasteiger charge is -2.10. The van der Waals surface area contributed by atoms with Crippen molar-refractivity contribution in [2.24, 2.45) is 0 Å². The number of thiophene rings is 1. The minimum Gasteiger partial charge on any atom is -0.481 e. The Kier molecular flexibility index (Phi) is 6.13. The van der Waals surface area contributed by atoms with Crippen molar-refractivity contribution in [2.75, 3.05) is 11.9 Å². The van der Waals surface area contributed by atoms with Crippen LogP contribution in [0.5, 0.6) is 5.75 Å². The van der Waals surface area contributed by atoms with Gasteiger partial charge in [0.2, 0.25) is 5.95 Å². The zero-order chi connectivity index (χ0) is 22.7. The molecule has 0 saturated carbocycles. The summed E-state index contributed by atoms with van der Waals surface area (Å²) < 4.78 is 20.4. The van der Waals surface area contributed by atoms with E-state index in [1.54, 1.807) is 19.1 Å². The van der Waals surface area contributed by atoms with Gasteiger partial charge in [-0.05, 0) is 36.9 Å². The highest BCUT2D eigenvalue weighted by molar-refractivity contribution is 7.13. The van der Waals surface area contributed by atoms with E-state index in [2.05, 4.69) is 20.4 Å². The Balaban J connectivity index is 1.64. The van der Waals surface area contributed by atoms with E-state index >= 15 is 0 Å². The highest BCUT2D eigenvalue weighted by Gasteiger charge is 2.18. The SMILES string of the molecule is CCc1c(C)nc(-n2nc(-c3cccs3)cc2NC(=O)COc2ccccc2F)[nH]c1=O. The summed E-state index contributed by atoms with van der Waals surface area (Å²) >= 11 is 1.49. The van der Waals surface area contributed by atoms with Crippen LogP contribution in [0.3, 0.4) is 0 Å². The number of halogens is 1. The number of hydrogen-bond acceptors (Lipinski definition) is 6. The number of anilines is 1. The zero-order valence-corrected chi connectivity index (χ0v) is 18.2. The van der Waals surface area contributed by atoms with Gasteiger partial charge in [-0.15, -0.1) is 11.3 Å². The number of H-pyrrole nitrogens is 1. The van der Waals surface area contributed by atoms with Crippen LogP contribution in [-0.2, 0) is 11.2 Å². The van der Waals surface area contributed by atoms with Crippen LogP contribution in [0.1, 0.15) is 18.2 Å². The van der Waals surface area contributed by atoms with Gasteiger partial charge < -0.3 is 10.1 Å². The fraction of sp³-hybridized carbons (Fsp3) is 0.182. The molecule has 1 aromatic carbocycles. The topological polar surface area (TPSA) is 102 Å². The molecule has 3 heterocycles. The highest BCUT2D eigenvalue weighted by Crippen LogP contribution is 2.27. The van der Waals surface area contributed by atoms with Gasteiger partial charge in [-0.1, -0.05) is 25.1 Å². The van der Waals surface area contributed by atoms with Crippen LogP contribution in [0.25, 0.3) is 16.5 Å². The van der Waals surface area contributed by atoms with E-state index in [0.29, 0.717) is 29.2 Å². The summed E-state index contributed by atoms with van der Waals surface area (Å²) in [6.45, 7) is 3.23. The van der Waals surface area contributed by atoms with Gasteiger partial charge in [-0.3, -0.25) is 14.6 Å². The number of carbonyl (C=O) groups excluding carboxylic acids is 1. The van der Waals surface area contributed by atoms with Gasteiger partial charge in [0.1, 0.15) is 11.5 Å². The smallest absolute Gasteiger partial charge is 0.263 e. The molecule has 0 aliphatic carbocycles. The molecule has 32 heavy (non-hydrogen) atoms. The molecule has 4 aromatic rings. The predicted octanol–water partition coefficient (Wildman–Crippen LogP) is 3.71. The number of rotatable bonds is 7. The van der Waals surface area contributed by atoms with Crippen molar-refractivity contribution in [3.05, 3.63) is 75.3 Å². The molecule has 0 saturated heterocycles. The molecule has 0 atom stereocenters. The molecule has 0 bridgehead atoms. The third-order valence-corrected chi connectivity index (χ3v) is 5.60. The summed E-state index contributed by atoms with van der Waals surface area (Å²) in [4.78, 5) is 33.0. The maximum absolute atomic E-state index is 13.7. The fourth-order valence-electron chi connectivity index (χ4n) is 3.17. The van der Waals surface area contributed by atoms with Crippen LogP contribution in [0.15, 0.2) is 52.6 Å². The van der Waals surface area contributed by atoms with Crippen molar-refractivity contribution in [1.82, 2.24) is 19.7 Å². The number of carbonyl (C=O) groups is 1. The summed E-state index contributed by atoms with van der Waals surface area (Å²) in [5, 5.41) is 9.14. The average molecular weight is 453 g/mol. The molecule has 1 amide bonds. The third-order valence-electron chi connectivity index (χ3n) is 4.71. The molecule has 2 N–H and O–H groups in total. The van der Waals surface area contributed by atoms with Crippen LogP contribution in [0.4, 0.5) is 10.2 Å². The van der Waals surface area contributed by atoms with Gasteiger partial charge in [-0.2, -0.15) is 9.78 Å². The number of aromatic nitrogens is 4. The summed E-state index contributed by atoms with van der Waals surface area (Å²) in [5.74, 6) is -0.623. The molecule has 10 heteroatoms. The molecule has 0 unspecified atom stereocenters. The number of benzene rings is 1. The van der Waals surface area contributed by atoms with E-state index in [1.807, 2.05) is 24.4 Å². The predicted molar refractivity (Wildman–Crippen MR) is 120 cm³/mol. The van der Waals surface area contributed by atoms with E-state index in [0.717, 1.165) is 4.88 Å². The molecular formula is C22H20FN5O3S. The van der Waals surface area contributed by atoms with Gasteiger partial charge in [0, 0.05) is 17.3 Å². The van der Waals surface area contributed by atoms with Crippen LogP contribution in [0.2, 0.25) is 0 Å². The van der Waals surface area contributed by atoms with E-state index in [-0.39, 0.29) is 17.3 Å². The van der Waals surface area contributed by atoms with E-state index < -0.39 is 18.3 Å². The first-order valence-corrected chi connectivity index (χ1v) is 10.8. The van der Waals surface area contributed by atoms with Crippen molar-refractivity contribution in [3.63, 3.8) is 0 Å². The number of amides is 1. The first-order valence-electron chi connectivity index (χ1n) is 9.87. The lowest BCUT2D eigenvalue weighted by Crippen LogP contribution is -2.24. The number of aryl methyl sites for hydroxylation is 1. The average Bonchev–Trinajstić information content (AvgIpc) is 3.43. The van der Waals surface area contributed by atoms with E-state index in [1.165, 1.54) is 34.2 Å². The first kappa shape index (κ1) is 21.4. The molecule has 0 spiro atoms. The van der Waals surface area contributed by atoms with Crippen molar-refractivity contribution in [1.29, 1.82) is 0 Å². The highest BCUT2D eigenvalue weighted by atomic mass is 32.1. The Morgan fingerprint density at radius 1 is 1.28 bits per heavy atom. The normalized spacial score (nSPS) is 10.8. The van der Waals surface area contributed by atoms with Gasteiger partial charge in [0.15, 0.2) is 18.2 Å². The molecule has 0 aliphatic heterocycles. The molecule has 0 radical (unpaired) electrons. The maximum Gasteiger partial charge on any atom is 0.263 e. The Morgan fingerprint density at radius 3 is 2.78 bits per heavy atom. The Bertz CT molecular complexity index is 1310. The Labute approximate surface area is 186 Å². The molecule has 0 fully saturated rings. The molecule has 0 aliphatic rings. The second-order valence-electron chi connectivity index (χ2n) is 6.88. The lowest BCUT2D eigenvalue weighted by molar-refractivity contribution is -0.118. The number of nitrogens with zero attached hydrogens (tertiary/aromatic N) is 3. The largest absolute Gasteiger partial charge is 0.481 e. The number of aromatic amines is 1. The molecule has 4 rings (SSSR count). The minimum absolute atomic E-state index is 0.0211. The Morgan fingerprint density at radius 2 is 2.09 bits per heavy atom. The van der Waals surface area contributed by atoms with Crippen LogP contribution < -0.4 is 15.6 Å². The fourth-order valence-corrected chi connectivity index (χ4v) is 3.85. The van der Waals surface area contributed by atoms with Gasteiger partial charge in [-0.25, -0.2) is 9.37 Å². The van der Waals surface area contributed by atoms with E-state index in [9.17, 15) is 14.0 Å². The maximum atomic E-state index is 13.7. The lowest BCUT2D eigenvalue weighted by atomic mass is 10.2. The second-order valence-corrected chi connectivity index (χ2v) is 7.83. The van der Waals surface area contributed by atoms with Crippen molar-refractivity contribution < 1.29 is 13.9 Å². The standard InChI is InChI=1S/C22H20FN5O3S/c1-3-14-13(2)24-22(26-21(14)30)28-19(11-16(27-28)18-9-6-10-32-18)25-20(29)12-31-17-8-5-4-7-15(17)23/h4-11H,3,12H2,1-2H3,(H,25,29)(H,24,26,30).